The van der Waals surface area contributed by atoms with Gasteiger partial charge >= 0.3 is 0 Å². The van der Waals surface area contributed by atoms with Crippen LogP contribution in [0.5, 0.6) is 0 Å². The van der Waals surface area contributed by atoms with E-state index >= 15 is 0 Å². The molecule has 8 heteroatoms. The van der Waals surface area contributed by atoms with Crippen molar-refractivity contribution in [1.82, 2.24) is 24.8 Å². The molecule has 2 aliphatic heterocycles. The van der Waals surface area contributed by atoms with Gasteiger partial charge in [0, 0.05) is 42.7 Å². The molecule has 0 spiro atoms. The number of piperazine rings is 1. The van der Waals surface area contributed by atoms with E-state index in [2.05, 4.69) is 26.9 Å². The second-order valence-corrected chi connectivity index (χ2v) is 8.67. The third-order valence-corrected chi connectivity index (χ3v) is 6.34. The molecule has 162 valence electrons. The highest BCUT2D eigenvalue weighted by Crippen LogP contribution is 2.22. The average molecular weight is 432 g/mol. The minimum atomic E-state index is 0.197. The first-order valence-electron chi connectivity index (χ1n) is 10.9. The predicted octanol–water partition coefficient (Wildman–Crippen LogP) is 3.16. The van der Waals surface area contributed by atoms with Gasteiger partial charge in [-0.2, -0.15) is 4.98 Å². The van der Waals surface area contributed by atoms with Crippen LogP contribution in [0, 0.1) is 5.92 Å². The SMILES string of the molecule is CCCN1CCC(C(=O)N2CCN(Cc3nc(-c4ccc(Cl)cc4)no3)CC2)CC1. The quantitative estimate of drug-likeness (QED) is 0.700. The maximum Gasteiger partial charge on any atom is 0.241 e. The Morgan fingerprint density at radius 1 is 1.07 bits per heavy atom. The zero-order chi connectivity index (χ0) is 20.9. The molecule has 30 heavy (non-hydrogen) atoms. The largest absolute Gasteiger partial charge is 0.340 e. The van der Waals surface area contributed by atoms with E-state index in [9.17, 15) is 4.79 Å². The Morgan fingerprint density at radius 3 is 2.43 bits per heavy atom. The van der Waals surface area contributed by atoms with Crippen molar-refractivity contribution in [2.45, 2.75) is 32.7 Å². The number of carbonyl (C=O) groups is 1. The standard InChI is InChI=1S/C22H30ClN5O2/c1-2-9-26-10-7-18(8-11-26)22(29)28-14-12-27(13-15-28)16-20-24-21(25-30-20)17-3-5-19(23)6-4-17/h3-6,18H,2,7-16H2,1H3. The molecule has 0 aliphatic carbocycles. The first-order chi connectivity index (χ1) is 14.6. The van der Waals surface area contributed by atoms with Crippen LogP contribution in [0.2, 0.25) is 5.02 Å². The number of carbonyl (C=O) groups excluding carboxylic acids is 1. The third kappa shape index (κ3) is 5.20. The number of piperidine rings is 1. The lowest BCUT2D eigenvalue weighted by molar-refractivity contribution is -0.139. The fraction of sp³-hybridized carbons (Fsp3) is 0.591. The topological polar surface area (TPSA) is 65.7 Å². The summed E-state index contributed by atoms with van der Waals surface area (Å²) in [5, 5.41) is 4.76. The van der Waals surface area contributed by atoms with Crippen LogP contribution in [0.4, 0.5) is 0 Å². The van der Waals surface area contributed by atoms with Crippen molar-refractivity contribution >= 4 is 17.5 Å². The Balaban J connectivity index is 1.24. The highest BCUT2D eigenvalue weighted by molar-refractivity contribution is 6.30. The Bertz CT molecular complexity index is 824. The molecule has 7 nitrogen and oxygen atoms in total. The minimum Gasteiger partial charge on any atom is -0.340 e. The molecular weight excluding hydrogens is 402 g/mol. The first kappa shape index (κ1) is 21.3. The van der Waals surface area contributed by atoms with Crippen molar-refractivity contribution < 1.29 is 9.32 Å². The Kier molecular flexibility index (Phi) is 7.02. The molecular formula is C22H30ClN5O2. The molecule has 4 rings (SSSR count). The lowest BCUT2D eigenvalue weighted by Crippen LogP contribution is -2.51. The van der Waals surface area contributed by atoms with E-state index in [4.69, 9.17) is 16.1 Å². The van der Waals surface area contributed by atoms with Crippen molar-refractivity contribution in [2.24, 2.45) is 5.92 Å². The number of halogens is 1. The number of hydrogen-bond donors (Lipinski definition) is 0. The van der Waals surface area contributed by atoms with Crippen molar-refractivity contribution in [2.75, 3.05) is 45.8 Å². The van der Waals surface area contributed by atoms with Crippen LogP contribution in [0.3, 0.4) is 0 Å². The summed E-state index contributed by atoms with van der Waals surface area (Å²) in [5.74, 6) is 1.71. The highest BCUT2D eigenvalue weighted by atomic mass is 35.5. The van der Waals surface area contributed by atoms with Gasteiger partial charge in [-0.15, -0.1) is 0 Å². The van der Waals surface area contributed by atoms with Gasteiger partial charge in [0.1, 0.15) is 0 Å². The fourth-order valence-corrected chi connectivity index (χ4v) is 4.46. The van der Waals surface area contributed by atoms with E-state index in [1.165, 1.54) is 6.42 Å². The van der Waals surface area contributed by atoms with Crippen LogP contribution in [0.15, 0.2) is 28.8 Å². The molecule has 1 aromatic carbocycles. The molecule has 0 bridgehead atoms. The second kappa shape index (κ2) is 9.90. The van der Waals surface area contributed by atoms with Crippen molar-refractivity contribution in [1.29, 1.82) is 0 Å². The number of likely N-dealkylation sites (tertiary alicyclic amines) is 1. The summed E-state index contributed by atoms with van der Waals surface area (Å²) in [6.45, 7) is 9.28. The van der Waals surface area contributed by atoms with Gasteiger partial charge in [-0.3, -0.25) is 9.69 Å². The number of hydrogen-bond acceptors (Lipinski definition) is 6. The number of amides is 1. The van der Waals surface area contributed by atoms with Crippen molar-refractivity contribution in [3.8, 4) is 11.4 Å². The normalized spacial score (nSPS) is 19.3. The van der Waals surface area contributed by atoms with Gasteiger partial charge < -0.3 is 14.3 Å². The molecule has 2 saturated heterocycles. The average Bonchev–Trinajstić information content (AvgIpc) is 3.23. The Hall–Kier alpha value is -1.96. The van der Waals surface area contributed by atoms with Crippen LogP contribution in [-0.4, -0.2) is 76.6 Å². The molecule has 0 unspecified atom stereocenters. The van der Waals surface area contributed by atoms with E-state index in [-0.39, 0.29) is 5.92 Å². The molecule has 0 saturated carbocycles. The zero-order valence-electron chi connectivity index (χ0n) is 17.6. The van der Waals surface area contributed by atoms with E-state index < -0.39 is 0 Å². The molecule has 0 atom stereocenters. The molecule has 0 radical (unpaired) electrons. The Morgan fingerprint density at radius 2 is 1.77 bits per heavy atom. The molecule has 2 aromatic rings. The third-order valence-electron chi connectivity index (χ3n) is 6.09. The minimum absolute atomic E-state index is 0.197. The summed E-state index contributed by atoms with van der Waals surface area (Å²) >= 11 is 5.93. The van der Waals surface area contributed by atoms with E-state index in [1.807, 2.05) is 29.2 Å². The summed E-state index contributed by atoms with van der Waals surface area (Å²) in [4.78, 5) is 24.2. The van der Waals surface area contributed by atoms with Gasteiger partial charge in [0.05, 0.1) is 6.54 Å². The van der Waals surface area contributed by atoms with Gasteiger partial charge in [0.15, 0.2) is 0 Å². The van der Waals surface area contributed by atoms with E-state index in [0.29, 0.717) is 29.2 Å². The summed E-state index contributed by atoms with van der Waals surface area (Å²) in [5.41, 5.74) is 0.884. The fourth-order valence-electron chi connectivity index (χ4n) is 4.33. The van der Waals surface area contributed by atoms with Gasteiger partial charge in [-0.05, 0) is 63.2 Å². The maximum atomic E-state index is 12.9. The highest BCUT2D eigenvalue weighted by Gasteiger charge is 2.30. The van der Waals surface area contributed by atoms with Crippen LogP contribution in [-0.2, 0) is 11.3 Å². The smallest absolute Gasteiger partial charge is 0.241 e. The second-order valence-electron chi connectivity index (χ2n) is 8.24. The summed E-state index contributed by atoms with van der Waals surface area (Å²) < 4.78 is 5.43. The first-order valence-corrected chi connectivity index (χ1v) is 11.3. The predicted molar refractivity (Wildman–Crippen MR) is 116 cm³/mol. The summed E-state index contributed by atoms with van der Waals surface area (Å²) in [6.07, 6.45) is 3.17. The van der Waals surface area contributed by atoms with Gasteiger partial charge in [0.25, 0.3) is 0 Å². The monoisotopic (exact) mass is 431 g/mol. The number of benzene rings is 1. The van der Waals surface area contributed by atoms with Crippen LogP contribution >= 0.6 is 11.6 Å². The zero-order valence-corrected chi connectivity index (χ0v) is 18.4. The number of aromatic nitrogens is 2. The lowest BCUT2D eigenvalue weighted by Gasteiger charge is -2.38. The Labute approximate surface area is 183 Å². The molecule has 3 heterocycles. The number of rotatable bonds is 6. The molecule has 1 amide bonds. The van der Waals surface area contributed by atoms with Gasteiger partial charge in [0.2, 0.25) is 17.6 Å². The summed E-state index contributed by atoms with van der Waals surface area (Å²) in [6, 6.07) is 7.40. The molecule has 2 fully saturated rings. The lowest BCUT2D eigenvalue weighted by atomic mass is 9.95. The van der Waals surface area contributed by atoms with Crippen LogP contribution < -0.4 is 0 Å². The van der Waals surface area contributed by atoms with Crippen LogP contribution in [0.25, 0.3) is 11.4 Å². The van der Waals surface area contributed by atoms with Crippen molar-refractivity contribution in [3.63, 3.8) is 0 Å². The van der Waals surface area contributed by atoms with Crippen molar-refractivity contribution in [3.05, 3.63) is 35.2 Å². The van der Waals surface area contributed by atoms with Gasteiger partial charge in [-0.1, -0.05) is 23.7 Å². The van der Waals surface area contributed by atoms with Crippen LogP contribution in [0.1, 0.15) is 32.1 Å². The van der Waals surface area contributed by atoms with E-state index in [0.717, 1.165) is 64.2 Å². The van der Waals surface area contributed by atoms with E-state index in [1.54, 1.807) is 0 Å². The maximum absolute atomic E-state index is 12.9. The van der Waals surface area contributed by atoms with Gasteiger partial charge in [-0.25, -0.2) is 0 Å². The molecule has 2 aliphatic rings. The number of nitrogens with zero attached hydrogens (tertiary/aromatic N) is 5. The molecule has 1 aromatic heterocycles. The summed E-state index contributed by atoms with van der Waals surface area (Å²) in [7, 11) is 0. The molecule has 0 N–H and O–H groups in total.